The number of aromatic carboxylic acids is 1. The van der Waals surface area contributed by atoms with Crippen LogP contribution in [0.15, 0.2) is 28.6 Å². The number of benzene rings is 1. The molecule has 2 aromatic rings. The molecule has 1 heterocycles. The molecule has 0 unspecified atom stereocenters. The summed E-state index contributed by atoms with van der Waals surface area (Å²) in [6, 6.07) is 5.88. The maximum Gasteiger partial charge on any atom is 0.345 e. The molecular weight excluding hydrogens is 332 g/mol. The zero-order valence-electron chi connectivity index (χ0n) is 15.1. The van der Waals surface area contributed by atoms with Crippen LogP contribution in [0.1, 0.15) is 34.0 Å². The fraction of sp³-hybridized carbons (Fsp3) is 0.300. The predicted molar refractivity (Wildman–Crippen MR) is 101 cm³/mol. The van der Waals surface area contributed by atoms with Gasteiger partial charge in [-0.3, -0.25) is 4.79 Å². The second-order valence-electron chi connectivity index (χ2n) is 6.82. The van der Waals surface area contributed by atoms with Gasteiger partial charge in [0.05, 0.1) is 5.69 Å². The van der Waals surface area contributed by atoms with Gasteiger partial charge in [-0.1, -0.05) is 30.7 Å². The number of aromatic hydroxyl groups is 1. The van der Waals surface area contributed by atoms with Gasteiger partial charge in [0.25, 0.3) is 5.56 Å². The first-order valence-electron chi connectivity index (χ1n) is 8.50. The molecule has 0 saturated heterocycles. The Balaban J connectivity index is 2.06. The topological polar surface area (TPSA) is 93.6 Å². The molecule has 136 valence electrons. The number of nitrogens with zero attached hydrogens (tertiary/aromatic N) is 1. The minimum atomic E-state index is -1.43. The highest BCUT2D eigenvalue weighted by atomic mass is 16.4. The Morgan fingerprint density at radius 3 is 2.65 bits per heavy atom. The number of pyridine rings is 1. The van der Waals surface area contributed by atoms with Crippen LogP contribution in [-0.4, -0.2) is 46.7 Å². The van der Waals surface area contributed by atoms with E-state index >= 15 is 0 Å². The van der Waals surface area contributed by atoms with Crippen molar-refractivity contribution in [2.45, 2.75) is 19.8 Å². The zero-order valence-corrected chi connectivity index (χ0v) is 15.1. The smallest absolute Gasteiger partial charge is 0.345 e. The van der Waals surface area contributed by atoms with Gasteiger partial charge in [0.1, 0.15) is 5.75 Å². The van der Waals surface area contributed by atoms with Gasteiger partial charge in [-0.05, 0) is 49.7 Å². The second-order valence-corrected chi connectivity index (χ2v) is 6.82. The summed E-state index contributed by atoms with van der Waals surface area (Å²) in [5, 5.41) is 19.5. The van der Waals surface area contributed by atoms with Gasteiger partial charge in [-0.15, -0.1) is 0 Å². The third-order valence-corrected chi connectivity index (χ3v) is 4.59. The molecule has 6 nitrogen and oxygen atoms in total. The molecule has 3 N–H and O–H groups in total. The van der Waals surface area contributed by atoms with Gasteiger partial charge in [0, 0.05) is 12.1 Å². The lowest BCUT2D eigenvalue weighted by Crippen LogP contribution is -2.20. The fourth-order valence-electron chi connectivity index (χ4n) is 3.50. The zero-order chi connectivity index (χ0) is 19.0. The number of likely N-dealkylation sites (N-methyl/N-ethyl adjacent to an activating group) is 1. The van der Waals surface area contributed by atoms with Crippen molar-refractivity contribution in [3.05, 3.63) is 56.4 Å². The summed E-state index contributed by atoms with van der Waals surface area (Å²) in [6.07, 6.45) is 3.42. The number of rotatable bonds is 5. The Kier molecular flexibility index (Phi) is 4.70. The highest BCUT2D eigenvalue weighted by molar-refractivity contribution is 5.92. The summed E-state index contributed by atoms with van der Waals surface area (Å²) in [5.74, 6) is -1.89. The van der Waals surface area contributed by atoms with Crippen LogP contribution in [0.5, 0.6) is 5.75 Å². The van der Waals surface area contributed by atoms with Crippen molar-refractivity contribution < 1.29 is 15.0 Å². The first-order chi connectivity index (χ1) is 12.3. The van der Waals surface area contributed by atoms with E-state index in [0.717, 1.165) is 29.7 Å². The maximum atomic E-state index is 12.1. The molecule has 1 aliphatic carbocycles. The molecule has 1 aromatic heterocycles. The Labute approximate surface area is 151 Å². The van der Waals surface area contributed by atoms with Crippen molar-refractivity contribution in [2.24, 2.45) is 0 Å². The molecule has 0 spiro atoms. The quantitative estimate of drug-likeness (QED) is 0.767. The largest absolute Gasteiger partial charge is 0.506 e. The summed E-state index contributed by atoms with van der Waals surface area (Å²) in [6.45, 7) is 2.70. The van der Waals surface area contributed by atoms with Crippen LogP contribution >= 0.6 is 0 Å². The number of hydrogen-bond acceptors (Lipinski definition) is 4. The van der Waals surface area contributed by atoms with Crippen molar-refractivity contribution in [3.63, 3.8) is 0 Å². The summed E-state index contributed by atoms with van der Waals surface area (Å²) in [7, 11) is 4.06. The van der Waals surface area contributed by atoms with Gasteiger partial charge in [0.15, 0.2) is 5.56 Å². The van der Waals surface area contributed by atoms with E-state index in [-0.39, 0.29) is 0 Å². The molecule has 0 fully saturated rings. The van der Waals surface area contributed by atoms with E-state index in [0.29, 0.717) is 17.7 Å². The molecule has 0 atom stereocenters. The number of H-pyrrole nitrogens is 1. The van der Waals surface area contributed by atoms with Crippen molar-refractivity contribution >= 4 is 12.0 Å². The van der Waals surface area contributed by atoms with Crippen LogP contribution < -0.4 is 5.56 Å². The summed E-state index contributed by atoms with van der Waals surface area (Å²) in [5.41, 5.74) is 3.89. The monoisotopic (exact) mass is 354 g/mol. The number of carbonyl (C=O) groups is 1. The molecule has 0 radical (unpaired) electrons. The van der Waals surface area contributed by atoms with Crippen molar-refractivity contribution in [1.29, 1.82) is 0 Å². The van der Waals surface area contributed by atoms with Gasteiger partial charge < -0.3 is 20.1 Å². The van der Waals surface area contributed by atoms with E-state index in [9.17, 15) is 14.7 Å². The van der Waals surface area contributed by atoms with Gasteiger partial charge in [0.2, 0.25) is 0 Å². The second kappa shape index (κ2) is 6.80. The number of hydrogen-bond donors (Lipinski definition) is 3. The van der Waals surface area contributed by atoms with Crippen LogP contribution in [0.2, 0.25) is 0 Å². The molecule has 1 aromatic carbocycles. The fourth-order valence-corrected chi connectivity index (χ4v) is 3.50. The van der Waals surface area contributed by atoms with Crippen LogP contribution in [0.25, 0.3) is 17.3 Å². The van der Waals surface area contributed by atoms with Crippen LogP contribution in [0, 0.1) is 0 Å². The Morgan fingerprint density at radius 2 is 2.04 bits per heavy atom. The molecular formula is C20H22N2O4. The van der Waals surface area contributed by atoms with Crippen LogP contribution in [0.3, 0.4) is 0 Å². The van der Waals surface area contributed by atoms with Gasteiger partial charge in [-0.25, -0.2) is 4.79 Å². The lowest BCUT2D eigenvalue weighted by molar-refractivity contribution is 0.0691. The highest BCUT2D eigenvalue weighted by Crippen LogP contribution is 2.33. The van der Waals surface area contributed by atoms with E-state index in [1.165, 1.54) is 5.57 Å². The third-order valence-electron chi connectivity index (χ3n) is 4.59. The molecule has 0 aliphatic heterocycles. The number of aromatic nitrogens is 1. The molecule has 0 saturated carbocycles. The lowest BCUT2D eigenvalue weighted by Gasteiger charge is -2.13. The number of nitrogens with one attached hydrogen (secondary N) is 1. The Hall–Kier alpha value is -2.86. The first kappa shape index (κ1) is 17.9. The number of fused-ring (bicyclic) bond motifs is 1. The minimum Gasteiger partial charge on any atom is -0.506 e. The molecule has 0 bridgehead atoms. The predicted octanol–water partition coefficient (Wildman–Crippen LogP) is 2.51. The molecule has 26 heavy (non-hydrogen) atoms. The standard InChI is InChI=1S/C20H22N2O4/c1-4-15-17(21-19(24)16(18(15)23)20(25)26)13-6-5-12-7-11(10-22(2)3)8-14(12)9-13/h5-7,9H,4,8,10H2,1-3H3,(H,25,26)(H2,21,23,24). The van der Waals surface area contributed by atoms with Crippen LogP contribution in [-0.2, 0) is 12.8 Å². The lowest BCUT2D eigenvalue weighted by atomic mass is 9.97. The molecule has 6 heteroatoms. The average molecular weight is 354 g/mol. The van der Waals surface area contributed by atoms with Crippen LogP contribution in [0.4, 0.5) is 0 Å². The Bertz CT molecular complexity index is 971. The Morgan fingerprint density at radius 1 is 1.31 bits per heavy atom. The van der Waals surface area contributed by atoms with Crippen molar-refractivity contribution in [2.75, 3.05) is 20.6 Å². The molecule has 0 amide bonds. The molecule has 3 rings (SSSR count). The van der Waals surface area contributed by atoms with Gasteiger partial charge >= 0.3 is 5.97 Å². The van der Waals surface area contributed by atoms with Crippen molar-refractivity contribution in [1.82, 2.24) is 9.88 Å². The summed E-state index contributed by atoms with van der Waals surface area (Å²) < 4.78 is 0. The first-order valence-corrected chi connectivity index (χ1v) is 8.50. The molecule has 1 aliphatic rings. The number of carboxylic acids is 1. The van der Waals surface area contributed by atoms with E-state index in [1.54, 1.807) is 0 Å². The van der Waals surface area contributed by atoms with E-state index in [2.05, 4.69) is 16.0 Å². The SMILES string of the molecule is CCc1c(-c2ccc3c(c2)CC(CN(C)C)=C3)[nH]c(=O)c(C(=O)O)c1O. The number of aromatic amines is 1. The average Bonchev–Trinajstić information content (AvgIpc) is 2.94. The van der Waals surface area contributed by atoms with E-state index in [4.69, 9.17) is 5.11 Å². The minimum absolute atomic E-state index is 0.402. The normalized spacial score (nSPS) is 13.0. The number of carboxylic acid groups (broad SMARTS) is 1. The van der Waals surface area contributed by atoms with E-state index < -0.39 is 22.8 Å². The summed E-state index contributed by atoms with van der Waals surface area (Å²) in [4.78, 5) is 28.1. The summed E-state index contributed by atoms with van der Waals surface area (Å²) >= 11 is 0. The van der Waals surface area contributed by atoms with Crippen molar-refractivity contribution in [3.8, 4) is 17.0 Å². The van der Waals surface area contributed by atoms with E-state index in [1.807, 2.05) is 39.2 Å². The maximum absolute atomic E-state index is 12.1. The van der Waals surface area contributed by atoms with Gasteiger partial charge in [-0.2, -0.15) is 0 Å². The highest BCUT2D eigenvalue weighted by Gasteiger charge is 2.22. The third kappa shape index (κ3) is 3.15.